The summed E-state index contributed by atoms with van der Waals surface area (Å²) in [4.78, 5) is 12.4. The lowest BCUT2D eigenvalue weighted by Gasteiger charge is -2.20. The molecule has 0 unspecified atom stereocenters. The van der Waals surface area contributed by atoms with Crippen molar-refractivity contribution in [1.82, 2.24) is 4.57 Å². The largest absolute Gasteiger partial charge is 0.297 e. The van der Waals surface area contributed by atoms with Crippen molar-refractivity contribution in [3.63, 3.8) is 0 Å². The first-order valence-corrected chi connectivity index (χ1v) is 8.47. The fourth-order valence-corrected chi connectivity index (χ4v) is 3.29. The van der Waals surface area contributed by atoms with Crippen molar-refractivity contribution < 1.29 is 4.58 Å². The van der Waals surface area contributed by atoms with E-state index in [9.17, 15) is 4.79 Å². The Morgan fingerprint density at radius 1 is 1.09 bits per heavy atom. The number of rotatable bonds is 4. The smallest absolute Gasteiger partial charge is 0.254 e. The van der Waals surface area contributed by atoms with Crippen molar-refractivity contribution >= 4 is 5.71 Å². The van der Waals surface area contributed by atoms with Crippen molar-refractivity contribution in [2.24, 2.45) is 0 Å². The van der Waals surface area contributed by atoms with Gasteiger partial charge in [-0.25, -0.2) is 4.58 Å². The average Bonchev–Trinajstić information content (AvgIpc) is 2.55. The first-order valence-electron chi connectivity index (χ1n) is 8.47. The van der Waals surface area contributed by atoms with Crippen LogP contribution in [-0.4, -0.2) is 21.4 Å². The highest BCUT2D eigenvalue weighted by Crippen LogP contribution is 2.14. The highest BCUT2D eigenvalue weighted by molar-refractivity contribution is 5.95. The monoisotopic (exact) mass is 309 g/mol. The average molecular weight is 309 g/mol. The fourth-order valence-electron chi connectivity index (χ4n) is 3.29. The summed E-state index contributed by atoms with van der Waals surface area (Å²) >= 11 is 0. The minimum Gasteiger partial charge on any atom is -0.297 e. The molecule has 1 aliphatic heterocycles. The predicted octanol–water partition coefficient (Wildman–Crippen LogP) is 3.28. The summed E-state index contributed by atoms with van der Waals surface area (Å²) in [6.07, 6.45) is 2.09. The van der Waals surface area contributed by atoms with Crippen molar-refractivity contribution in [3.8, 4) is 0 Å². The van der Waals surface area contributed by atoms with Gasteiger partial charge in [-0.2, -0.15) is 0 Å². The lowest BCUT2D eigenvalue weighted by atomic mass is 10.1. The Balaban J connectivity index is 2.03. The van der Waals surface area contributed by atoms with Gasteiger partial charge in [-0.05, 0) is 26.3 Å². The molecule has 2 aromatic rings. The number of aromatic nitrogens is 1. The Morgan fingerprint density at radius 3 is 2.52 bits per heavy atom. The third-order valence-electron chi connectivity index (χ3n) is 4.62. The first kappa shape index (κ1) is 15.7. The van der Waals surface area contributed by atoms with E-state index < -0.39 is 0 Å². The quantitative estimate of drug-likeness (QED) is 0.796. The van der Waals surface area contributed by atoms with Gasteiger partial charge in [0.15, 0.2) is 18.8 Å². The van der Waals surface area contributed by atoms with Crippen molar-refractivity contribution in [3.05, 3.63) is 69.1 Å². The number of nitrogens with zero attached hydrogens (tertiary/aromatic N) is 2. The molecule has 0 saturated carbocycles. The zero-order valence-electron chi connectivity index (χ0n) is 14.3. The van der Waals surface area contributed by atoms with Gasteiger partial charge in [-0.3, -0.25) is 9.36 Å². The summed E-state index contributed by atoms with van der Waals surface area (Å²) in [5, 5.41) is 0. The van der Waals surface area contributed by atoms with E-state index in [1.807, 2.05) is 17.6 Å². The molecule has 0 atom stereocenters. The highest BCUT2D eigenvalue weighted by atomic mass is 16.1. The molecule has 1 aromatic carbocycles. The van der Waals surface area contributed by atoms with Gasteiger partial charge in [0, 0.05) is 17.5 Å². The van der Waals surface area contributed by atoms with Crippen LogP contribution in [0.5, 0.6) is 0 Å². The molecule has 1 aliphatic rings. The van der Waals surface area contributed by atoms with Crippen LogP contribution < -0.4 is 5.56 Å². The molecule has 0 aliphatic carbocycles. The number of hydrogen-bond acceptors (Lipinski definition) is 1. The maximum Gasteiger partial charge on any atom is 0.254 e. The Morgan fingerprint density at radius 2 is 1.83 bits per heavy atom. The number of benzene rings is 1. The zero-order chi connectivity index (χ0) is 16.4. The summed E-state index contributed by atoms with van der Waals surface area (Å²) in [5.74, 6) is 0. The molecule has 1 aromatic heterocycles. The normalized spacial score (nSPS) is 14.0. The number of aryl methyl sites for hydroxylation is 2. The molecule has 3 nitrogen and oxygen atoms in total. The van der Waals surface area contributed by atoms with Gasteiger partial charge in [0.2, 0.25) is 0 Å². The van der Waals surface area contributed by atoms with Crippen LogP contribution in [0.4, 0.5) is 0 Å². The van der Waals surface area contributed by atoms with E-state index >= 15 is 0 Å². The fraction of sp³-hybridized carbons (Fsp3) is 0.400. The molecule has 23 heavy (non-hydrogen) atoms. The Kier molecular flexibility index (Phi) is 4.46. The van der Waals surface area contributed by atoms with Crippen LogP contribution in [0.2, 0.25) is 0 Å². The standard InChI is InChI=1S/C20H25N2O/c1-4-5-18-19-11-8-16(3)20(23)22(19)13-12-21(18)14-17-9-6-15(2)7-10-17/h6-11H,4-5,12-14H2,1-3H3/q+1. The van der Waals surface area contributed by atoms with Crippen LogP contribution in [0, 0.1) is 13.8 Å². The minimum absolute atomic E-state index is 0.158. The van der Waals surface area contributed by atoms with Crippen LogP contribution in [0.1, 0.15) is 42.1 Å². The third-order valence-corrected chi connectivity index (χ3v) is 4.62. The van der Waals surface area contributed by atoms with E-state index in [4.69, 9.17) is 0 Å². The predicted molar refractivity (Wildman–Crippen MR) is 94.5 cm³/mol. The molecule has 2 heterocycles. The molecule has 0 fully saturated rings. The van der Waals surface area contributed by atoms with Gasteiger partial charge in [0.05, 0.1) is 6.54 Å². The van der Waals surface area contributed by atoms with Crippen LogP contribution in [0.25, 0.3) is 0 Å². The number of pyridine rings is 1. The Labute approximate surface area is 137 Å². The lowest BCUT2D eigenvalue weighted by molar-refractivity contribution is -0.548. The van der Waals surface area contributed by atoms with E-state index in [-0.39, 0.29) is 5.56 Å². The molecule has 0 amide bonds. The zero-order valence-corrected chi connectivity index (χ0v) is 14.3. The summed E-state index contributed by atoms with van der Waals surface area (Å²) < 4.78 is 4.39. The van der Waals surface area contributed by atoms with Crippen LogP contribution in [-0.2, 0) is 13.1 Å². The van der Waals surface area contributed by atoms with Crippen LogP contribution >= 0.6 is 0 Å². The van der Waals surface area contributed by atoms with Gasteiger partial charge in [-0.15, -0.1) is 0 Å². The SMILES string of the molecule is CCCC1=[N+](Cc2ccc(C)cc2)CCn2c1ccc(C)c2=O. The van der Waals surface area contributed by atoms with Gasteiger partial charge in [0.25, 0.3) is 5.56 Å². The van der Waals surface area contributed by atoms with E-state index in [0.29, 0.717) is 0 Å². The molecular formula is C20H25N2O+. The summed E-state index contributed by atoms with van der Waals surface area (Å²) in [5.41, 5.74) is 6.00. The molecule has 0 radical (unpaired) electrons. The maximum absolute atomic E-state index is 12.4. The van der Waals surface area contributed by atoms with Crippen molar-refractivity contribution in [2.45, 2.75) is 46.7 Å². The van der Waals surface area contributed by atoms with E-state index in [0.717, 1.165) is 43.7 Å². The third kappa shape index (κ3) is 3.14. The first-order chi connectivity index (χ1) is 11.1. The molecule has 0 N–H and O–H groups in total. The molecule has 120 valence electrons. The lowest BCUT2D eigenvalue weighted by Crippen LogP contribution is -2.39. The van der Waals surface area contributed by atoms with Gasteiger partial charge < -0.3 is 0 Å². The van der Waals surface area contributed by atoms with Gasteiger partial charge in [0.1, 0.15) is 5.69 Å². The number of fused-ring (bicyclic) bond motifs is 1. The molecule has 3 heteroatoms. The topological polar surface area (TPSA) is 25.0 Å². The molecule has 0 spiro atoms. The number of hydrogen-bond donors (Lipinski definition) is 0. The van der Waals surface area contributed by atoms with Crippen molar-refractivity contribution in [2.75, 3.05) is 6.54 Å². The summed E-state index contributed by atoms with van der Waals surface area (Å²) in [6.45, 7) is 8.80. The Hall–Kier alpha value is -2.16. The second kappa shape index (κ2) is 6.53. The van der Waals surface area contributed by atoms with Crippen LogP contribution in [0.15, 0.2) is 41.2 Å². The Bertz CT molecular complexity index is 797. The second-order valence-corrected chi connectivity index (χ2v) is 6.46. The van der Waals surface area contributed by atoms with Gasteiger partial charge in [-0.1, -0.05) is 42.8 Å². The highest BCUT2D eigenvalue weighted by Gasteiger charge is 2.26. The molecule has 3 rings (SSSR count). The summed E-state index contributed by atoms with van der Waals surface area (Å²) in [7, 11) is 0. The second-order valence-electron chi connectivity index (χ2n) is 6.46. The van der Waals surface area contributed by atoms with E-state index in [2.05, 4.69) is 48.8 Å². The van der Waals surface area contributed by atoms with E-state index in [1.54, 1.807) is 0 Å². The minimum atomic E-state index is 0.158. The van der Waals surface area contributed by atoms with Crippen molar-refractivity contribution in [1.29, 1.82) is 0 Å². The molecule has 0 saturated heterocycles. The molecule has 0 bridgehead atoms. The van der Waals surface area contributed by atoms with Gasteiger partial charge >= 0.3 is 0 Å². The van der Waals surface area contributed by atoms with Crippen LogP contribution in [0.3, 0.4) is 0 Å². The maximum atomic E-state index is 12.4. The summed E-state index contributed by atoms with van der Waals surface area (Å²) in [6, 6.07) is 12.8. The van der Waals surface area contributed by atoms with E-state index in [1.165, 1.54) is 16.8 Å². The molecular weight excluding hydrogens is 284 g/mol.